The summed E-state index contributed by atoms with van der Waals surface area (Å²) >= 11 is 0. The van der Waals surface area contributed by atoms with Crippen LogP contribution in [-0.4, -0.2) is 32.4 Å². The molecule has 1 atom stereocenters. The monoisotopic (exact) mass is 255 g/mol. The summed E-state index contributed by atoms with van der Waals surface area (Å²) in [6.45, 7) is 3.61. The summed E-state index contributed by atoms with van der Waals surface area (Å²) in [5, 5.41) is 39.8. The third-order valence-corrected chi connectivity index (χ3v) is 2.66. The Morgan fingerprint density at radius 3 is 2.33 bits per heavy atom. The highest BCUT2D eigenvalue weighted by Crippen LogP contribution is 2.36. The van der Waals surface area contributed by atoms with E-state index in [0.717, 1.165) is 0 Å². The minimum absolute atomic E-state index is 0.0782. The maximum absolute atomic E-state index is 11.0. The minimum Gasteiger partial charge on any atom is -0.504 e. The van der Waals surface area contributed by atoms with Crippen molar-refractivity contribution in [2.75, 3.05) is 0 Å². The predicted molar refractivity (Wildman–Crippen MR) is 64.5 cm³/mol. The van der Waals surface area contributed by atoms with Gasteiger partial charge < -0.3 is 20.4 Å². The lowest BCUT2D eigenvalue weighted by molar-refractivity contribution is -0.140. The number of benzene rings is 1. The molecule has 1 aromatic rings. The predicted octanol–water partition coefficient (Wildman–Crippen LogP) is 1.00. The molecule has 0 heterocycles. The summed E-state index contributed by atoms with van der Waals surface area (Å²) in [5.41, 5.74) is 0.317. The molecule has 0 aliphatic rings. The quantitative estimate of drug-likeness (QED) is 0.502. The van der Waals surface area contributed by atoms with Gasteiger partial charge in [0.2, 0.25) is 5.75 Å². The minimum atomic E-state index is -0.979. The molecule has 1 aromatic carbocycles. The Hall–Kier alpha value is -1.95. The molecule has 100 valence electrons. The van der Waals surface area contributed by atoms with Crippen LogP contribution >= 0.6 is 0 Å². The largest absolute Gasteiger partial charge is 0.504 e. The molecule has 0 fully saturated rings. The van der Waals surface area contributed by atoms with E-state index in [-0.39, 0.29) is 12.5 Å². The maximum Gasteiger partial charge on any atom is 0.320 e. The van der Waals surface area contributed by atoms with Gasteiger partial charge in [0.05, 0.1) is 0 Å². The molecule has 18 heavy (non-hydrogen) atoms. The van der Waals surface area contributed by atoms with Gasteiger partial charge in [-0.1, -0.05) is 19.9 Å². The standard InChI is InChI=1S/C12H17NO5/c1-6(2)9(12(17)18)13-5-7-3-4-8(14)11(16)10(7)15/h3-4,6,9,13-16H,5H2,1-2H3,(H,17,18). The van der Waals surface area contributed by atoms with Gasteiger partial charge in [-0.2, -0.15) is 0 Å². The van der Waals surface area contributed by atoms with Crippen molar-refractivity contribution >= 4 is 5.97 Å². The Bertz CT molecular complexity index is 444. The van der Waals surface area contributed by atoms with E-state index >= 15 is 0 Å². The molecule has 1 unspecified atom stereocenters. The fraction of sp³-hybridized carbons (Fsp3) is 0.417. The summed E-state index contributed by atoms with van der Waals surface area (Å²) in [7, 11) is 0. The molecule has 5 N–H and O–H groups in total. The number of hydrogen-bond donors (Lipinski definition) is 5. The lowest BCUT2D eigenvalue weighted by Crippen LogP contribution is -2.40. The Labute approximate surface area is 105 Å². The number of carboxylic acid groups (broad SMARTS) is 1. The molecule has 0 radical (unpaired) electrons. The van der Waals surface area contributed by atoms with E-state index in [9.17, 15) is 15.0 Å². The second-order valence-corrected chi connectivity index (χ2v) is 4.38. The average Bonchev–Trinajstić information content (AvgIpc) is 2.28. The van der Waals surface area contributed by atoms with Gasteiger partial charge in [-0.25, -0.2) is 0 Å². The van der Waals surface area contributed by atoms with E-state index in [0.29, 0.717) is 5.56 Å². The van der Waals surface area contributed by atoms with Crippen LogP contribution in [0.2, 0.25) is 0 Å². The highest BCUT2D eigenvalue weighted by Gasteiger charge is 2.21. The summed E-state index contributed by atoms with van der Waals surface area (Å²) in [5.74, 6) is -2.57. The Kier molecular flexibility index (Phi) is 4.38. The number of rotatable bonds is 5. The summed E-state index contributed by atoms with van der Waals surface area (Å²) in [6.07, 6.45) is 0. The van der Waals surface area contributed by atoms with Gasteiger partial charge in [-0.3, -0.25) is 10.1 Å². The number of aliphatic carboxylic acids is 1. The number of aromatic hydroxyl groups is 3. The number of phenols is 3. The van der Waals surface area contributed by atoms with Crippen molar-refractivity contribution in [3.05, 3.63) is 17.7 Å². The van der Waals surface area contributed by atoms with Gasteiger partial charge in [0, 0.05) is 12.1 Å². The first kappa shape index (κ1) is 14.1. The van der Waals surface area contributed by atoms with E-state index < -0.39 is 29.3 Å². The number of nitrogens with one attached hydrogen (secondary N) is 1. The van der Waals surface area contributed by atoms with Crippen LogP contribution in [0.3, 0.4) is 0 Å². The number of hydrogen-bond acceptors (Lipinski definition) is 5. The van der Waals surface area contributed by atoms with Crippen molar-refractivity contribution in [1.29, 1.82) is 0 Å². The molecular weight excluding hydrogens is 238 g/mol. The number of carbonyl (C=O) groups is 1. The third-order valence-electron chi connectivity index (χ3n) is 2.66. The summed E-state index contributed by atoms with van der Waals surface area (Å²) in [6, 6.07) is 1.90. The van der Waals surface area contributed by atoms with Gasteiger partial charge >= 0.3 is 5.97 Å². The highest BCUT2D eigenvalue weighted by molar-refractivity contribution is 5.73. The van der Waals surface area contributed by atoms with E-state index in [4.69, 9.17) is 10.2 Å². The zero-order valence-corrected chi connectivity index (χ0v) is 10.2. The van der Waals surface area contributed by atoms with Gasteiger partial charge in [-0.05, 0) is 12.0 Å². The van der Waals surface area contributed by atoms with Gasteiger partial charge in [-0.15, -0.1) is 0 Å². The zero-order chi connectivity index (χ0) is 13.9. The molecule has 6 heteroatoms. The average molecular weight is 255 g/mol. The molecule has 0 amide bonds. The van der Waals surface area contributed by atoms with Gasteiger partial charge in [0.25, 0.3) is 0 Å². The molecule has 0 saturated heterocycles. The van der Waals surface area contributed by atoms with Crippen LogP contribution in [0.1, 0.15) is 19.4 Å². The van der Waals surface area contributed by atoms with Crippen molar-refractivity contribution in [3.8, 4) is 17.2 Å². The fourth-order valence-electron chi connectivity index (χ4n) is 1.58. The van der Waals surface area contributed by atoms with E-state index in [2.05, 4.69) is 5.32 Å². The van der Waals surface area contributed by atoms with Gasteiger partial charge in [0.15, 0.2) is 11.5 Å². The van der Waals surface area contributed by atoms with Crippen molar-refractivity contribution in [3.63, 3.8) is 0 Å². The number of phenolic OH excluding ortho intramolecular Hbond substituents is 3. The van der Waals surface area contributed by atoms with Crippen LogP contribution in [0, 0.1) is 5.92 Å². The molecule has 0 bridgehead atoms. The molecule has 0 aliphatic heterocycles. The van der Waals surface area contributed by atoms with Crippen LogP contribution in [0.25, 0.3) is 0 Å². The Morgan fingerprint density at radius 1 is 1.22 bits per heavy atom. The highest BCUT2D eigenvalue weighted by atomic mass is 16.4. The SMILES string of the molecule is CC(C)C(NCc1ccc(O)c(O)c1O)C(=O)O. The van der Waals surface area contributed by atoms with Crippen molar-refractivity contribution in [1.82, 2.24) is 5.32 Å². The molecular formula is C12H17NO5. The molecule has 0 aromatic heterocycles. The molecule has 0 spiro atoms. The first-order valence-electron chi connectivity index (χ1n) is 5.53. The van der Waals surface area contributed by atoms with Gasteiger partial charge in [0.1, 0.15) is 6.04 Å². The van der Waals surface area contributed by atoms with E-state index in [1.807, 2.05) is 0 Å². The lowest BCUT2D eigenvalue weighted by atomic mass is 10.0. The van der Waals surface area contributed by atoms with Crippen molar-refractivity contribution in [2.24, 2.45) is 5.92 Å². The Balaban J connectivity index is 2.80. The first-order valence-corrected chi connectivity index (χ1v) is 5.53. The topological polar surface area (TPSA) is 110 Å². The van der Waals surface area contributed by atoms with Crippen LogP contribution < -0.4 is 5.32 Å². The molecule has 6 nitrogen and oxygen atoms in total. The normalized spacial score (nSPS) is 12.6. The van der Waals surface area contributed by atoms with Crippen molar-refractivity contribution < 1.29 is 25.2 Å². The fourth-order valence-corrected chi connectivity index (χ4v) is 1.58. The smallest absolute Gasteiger partial charge is 0.320 e. The van der Waals surface area contributed by atoms with Crippen molar-refractivity contribution in [2.45, 2.75) is 26.4 Å². The lowest BCUT2D eigenvalue weighted by Gasteiger charge is -2.18. The second-order valence-electron chi connectivity index (χ2n) is 4.38. The molecule has 1 rings (SSSR count). The van der Waals surface area contributed by atoms with E-state index in [1.54, 1.807) is 13.8 Å². The van der Waals surface area contributed by atoms with Crippen LogP contribution in [-0.2, 0) is 11.3 Å². The summed E-state index contributed by atoms with van der Waals surface area (Å²) < 4.78 is 0. The van der Waals surface area contributed by atoms with Crippen LogP contribution in [0.15, 0.2) is 12.1 Å². The summed E-state index contributed by atoms with van der Waals surface area (Å²) in [4.78, 5) is 11.0. The number of carboxylic acids is 1. The second kappa shape index (κ2) is 5.59. The third kappa shape index (κ3) is 3.04. The van der Waals surface area contributed by atoms with Crippen LogP contribution in [0.5, 0.6) is 17.2 Å². The zero-order valence-electron chi connectivity index (χ0n) is 10.2. The first-order chi connectivity index (χ1) is 8.34. The maximum atomic E-state index is 11.0. The Morgan fingerprint density at radius 2 is 1.83 bits per heavy atom. The molecule has 0 saturated carbocycles. The molecule has 0 aliphatic carbocycles. The van der Waals surface area contributed by atoms with E-state index in [1.165, 1.54) is 12.1 Å². The van der Waals surface area contributed by atoms with Crippen LogP contribution in [0.4, 0.5) is 0 Å².